The van der Waals surface area contributed by atoms with Crippen molar-refractivity contribution in [1.82, 2.24) is 19.9 Å². The summed E-state index contributed by atoms with van der Waals surface area (Å²) in [7, 11) is 0. The summed E-state index contributed by atoms with van der Waals surface area (Å²) in [4.78, 5) is 67.2. The van der Waals surface area contributed by atoms with Gasteiger partial charge in [0.15, 0.2) is 0 Å². The fourth-order valence-corrected chi connectivity index (χ4v) is 7.36. The smallest absolute Gasteiger partial charge is 0.657 e. The Morgan fingerprint density at radius 2 is 0.541 bits per heavy atom. The molecule has 9 rings (SSSR count). The van der Waals surface area contributed by atoms with Crippen molar-refractivity contribution in [2.75, 3.05) is 0 Å². The van der Waals surface area contributed by atoms with Crippen molar-refractivity contribution in [3.05, 3.63) is 166 Å². The van der Waals surface area contributed by atoms with Crippen molar-refractivity contribution >= 4 is 70.2 Å². The van der Waals surface area contributed by atoms with E-state index in [9.17, 15) is 39.6 Å². The van der Waals surface area contributed by atoms with Gasteiger partial charge in [-0.3, -0.25) is 0 Å². The summed E-state index contributed by atoms with van der Waals surface area (Å²) < 4.78 is 0. The molecule has 5 heterocycles. The number of aromatic nitrogens is 4. The zero-order valence-electron chi connectivity index (χ0n) is 35.3. The van der Waals surface area contributed by atoms with Gasteiger partial charge in [0.25, 0.3) is 0 Å². The van der Waals surface area contributed by atoms with E-state index in [1.165, 1.54) is 48.5 Å². The third kappa shape index (κ3) is 7.42. The molecule has 0 unspecified atom stereocenters. The fraction of sp³-hybridized carbons (Fsp3) is 0. The van der Waals surface area contributed by atoms with Gasteiger partial charge in [0.1, 0.15) is 0 Å². The van der Waals surface area contributed by atoms with E-state index in [-0.39, 0.29) is 45.0 Å². The van der Waals surface area contributed by atoms with Crippen LogP contribution in [-0.4, -0.2) is 33.8 Å². The number of fused-ring (bicyclic) bond motifs is 8. The average Bonchev–Trinajstić information content (AvgIpc) is 4.10. The molecule has 0 spiro atoms. The van der Waals surface area contributed by atoms with Gasteiger partial charge in [-0.25, -0.2) is 9.97 Å². The summed E-state index contributed by atoms with van der Waals surface area (Å²) in [5.41, 5.74) is 8.39. The van der Waals surface area contributed by atoms with Gasteiger partial charge in [0, 0.05) is 0 Å². The van der Waals surface area contributed by atoms with E-state index in [4.69, 9.17) is 19.9 Å². The maximum Gasteiger partial charge on any atom is 2.00 e. The molecule has 61 heavy (non-hydrogen) atoms. The molecule has 7 aromatic rings. The largest absolute Gasteiger partial charge is 2.00 e. The van der Waals surface area contributed by atoms with Crippen molar-refractivity contribution < 1.29 is 62.4 Å². The number of rotatable bonds is 8. The van der Waals surface area contributed by atoms with Crippen molar-refractivity contribution in [2.45, 2.75) is 0 Å². The fourth-order valence-electron chi connectivity index (χ4n) is 7.36. The molecule has 2 aliphatic heterocycles. The third-order valence-corrected chi connectivity index (χ3v) is 10.2. The molecule has 0 fully saturated rings. The van der Waals surface area contributed by atoms with Gasteiger partial charge in [0.05, 0.1) is 46.7 Å². The van der Waals surface area contributed by atoms with Crippen molar-refractivity contribution in [1.29, 1.82) is 0 Å². The monoisotopic (exact) mass is 844 g/mol. The Morgan fingerprint density at radius 3 is 0.721 bits per heavy atom. The molecule has 0 N–H and O–H groups in total. The van der Waals surface area contributed by atoms with Crippen molar-refractivity contribution in [3.8, 4) is 44.5 Å². The minimum atomic E-state index is -1.34. The average molecular weight is 845 g/mol. The van der Waals surface area contributed by atoms with Gasteiger partial charge in [-0.1, -0.05) is 121 Å². The van der Waals surface area contributed by atoms with Crippen LogP contribution in [0, 0.1) is 0 Å². The summed E-state index contributed by atoms with van der Waals surface area (Å²) in [6, 6.07) is 31.8. The molecule has 3 aromatic heterocycles. The Hall–Kier alpha value is -8.12. The number of hydrogen-bond acceptors (Lipinski definition) is 10. The predicted octanol–water partition coefficient (Wildman–Crippen LogP) is 4.48. The van der Waals surface area contributed by atoms with E-state index in [2.05, 4.69) is 0 Å². The van der Waals surface area contributed by atoms with E-state index < -0.39 is 23.9 Å². The second kappa shape index (κ2) is 15.9. The second-order valence-corrected chi connectivity index (χ2v) is 13.8. The molecule has 0 aliphatic carbocycles. The van der Waals surface area contributed by atoms with Crippen LogP contribution < -0.4 is 30.4 Å². The van der Waals surface area contributed by atoms with Gasteiger partial charge in [0.2, 0.25) is 0 Å². The normalized spacial score (nSPS) is 11.5. The number of carbonyl (C=O) groups excluding carboxylic acids is 4. The standard InChI is InChI=1S/C48H30N4O8.Fe/c53-45(54)29-9-1-25(2-10-29)41-33-17-19-35(49-33)42(26-3-11-30(12-4-26)46(55)56)37-21-23-39(51-37)44(28-7-15-32(16-8-28)48(59)60)40-24-22-38(52-40)43(36-20-18-34(41)50-36)27-5-13-31(14-6-27)47(57)58;/h1-24H,(H6,49,50,51,52,53,54,55,56,57,58,59,60);/q;+2/p-2. The van der Waals surface area contributed by atoms with Crippen LogP contribution in [0.15, 0.2) is 121 Å². The molecule has 0 radical (unpaired) electrons. The topological polar surface area (TPSA) is 214 Å². The maximum atomic E-state index is 11.7. The van der Waals surface area contributed by atoms with Gasteiger partial charge in [-0.05, 0) is 91.1 Å². The van der Waals surface area contributed by atoms with E-state index in [0.29, 0.717) is 89.4 Å². The van der Waals surface area contributed by atoms with Crippen LogP contribution in [-0.2, 0) is 17.1 Å². The van der Waals surface area contributed by atoms with Crippen LogP contribution in [0.25, 0.3) is 90.9 Å². The minimum absolute atomic E-state index is 0. The zero-order chi connectivity index (χ0) is 41.7. The van der Waals surface area contributed by atoms with Gasteiger partial charge >= 0.3 is 22.8 Å². The molecule has 8 bridgehead atoms. The molecule has 296 valence electrons. The first kappa shape index (κ1) is 39.7. The van der Waals surface area contributed by atoms with Crippen LogP contribution >= 0.6 is 0 Å². The molecule has 4 aromatic carbocycles. The summed E-state index contributed by atoms with van der Waals surface area (Å²) in [6.07, 6.45) is 7.20. The Morgan fingerprint density at radius 1 is 0.344 bits per heavy atom. The van der Waals surface area contributed by atoms with Gasteiger partial charge in [-0.15, -0.1) is 22.1 Å². The summed E-state index contributed by atoms with van der Waals surface area (Å²) >= 11 is 0. The first-order valence-corrected chi connectivity index (χ1v) is 18.4. The maximum absolute atomic E-state index is 11.7. The van der Waals surface area contributed by atoms with Crippen LogP contribution in [0.3, 0.4) is 0 Å². The summed E-state index contributed by atoms with van der Waals surface area (Å²) in [6.45, 7) is 0. The molecule has 0 saturated heterocycles. The number of carboxylic acids is 4. The number of aromatic carboxylic acids is 4. The number of benzene rings is 4. The summed E-state index contributed by atoms with van der Waals surface area (Å²) in [5.74, 6) is -5.34. The molecule has 0 amide bonds. The molecule has 12 nitrogen and oxygen atoms in total. The SMILES string of the molecule is O=C([O-])c1ccc(-c2c3nc(c(-c4ccc(C(=O)[O-])cc4)c4ccc([n-]4)c(-c4ccc(C(=O)[O-])cc4)c4nc(c(-c5ccc(C(=O)[O-])cc5)c5ccc2[n-]5)C=C4)C=C3)cc1.[Fe+2].[H+].[H+].[H+].[H+]. The quantitative estimate of drug-likeness (QED) is 0.194. The van der Waals surface area contributed by atoms with E-state index in [1.807, 2.05) is 0 Å². The second-order valence-electron chi connectivity index (χ2n) is 13.8. The first-order valence-electron chi connectivity index (χ1n) is 18.4. The number of carboxylic acid groups (broad SMARTS) is 4. The Labute approximate surface area is 362 Å². The van der Waals surface area contributed by atoms with Crippen molar-refractivity contribution in [2.24, 2.45) is 0 Å². The Bertz CT molecular complexity index is 2780. The Balaban J connectivity index is 0.00000185. The minimum Gasteiger partial charge on any atom is -0.657 e. The van der Waals surface area contributed by atoms with Crippen molar-refractivity contribution in [3.63, 3.8) is 0 Å². The molecule has 2 aliphatic rings. The van der Waals surface area contributed by atoms with Gasteiger partial charge in [-0.2, -0.15) is 0 Å². The number of hydrogen-bond donors (Lipinski definition) is 0. The van der Waals surface area contributed by atoms with Crippen LogP contribution in [0.2, 0.25) is 0 Å². The van der Waals surface area contributed by atoms with Crippen LogP contribution in [0.4, 0.5) is 0 Å². The molecule has 0 saturated carbocycles. The van der Waals surface area contributed by atoms with Crippen LogP contribution in [0.5, 0.6) is 0 Å². The molecule has 13 heteroatoms. The molecular formula is C48H28FeN4O8. The van der Waals surface area contributed by atoms with Gasteiger partial charge < -0.3 is 49.6 Å². The summed E-state index contributed by atoms with van der Waals surface area (Å²) in [5, 5.41) is 46.8. The number of nitrogens with zero attached hydrogens (tertiary/aromatic N) is 4. The zero-order valence-corrected chi connectivity index (χ0v) is 32.4. The molecule has 0 atom stereocenters. The first-order chi connectivity index (χ1) is 29.0. The Kier molecular flexibility index (Phi) is 10.4. The van der Waals surface area contributed by atoms with E-state index in [1.54, 1.807) is 97.1 Å². The predicted molar refractivity (Wildman–Crippen MR) is 220 cm³/mol. The third-order valence-electron chi connectivity index (χ3n) is 10.2. The van der Waals surface area contributed by atoms with E-state index in [0.717, 1.165) is 0 Å². The molecular weight excluding hydrogens is 816 g/mol. The van der Waals surface area contributed by atoms with E-state index >= 15 is 0 Å². The number of carbonyl (C=O) groups is 4. The van der Waals surface area contributed by atoms with Crippen LogP contribution in [0.1, 0.15) is 69.9 Å².